The highest BCUT2D eigenvalue weighted by atomic mass is 16.3. The summed E-state index contributed by atoms with van der Waals surface area (Å²) >= 11 is 0. The summed E-state index contributed by atoms with van der Waals surface area (Å²) in [5.41, 5.74) is 17.5. The first-order valence-corrected chi connectivity index (χ1v) is 47.3. The Hall–Kier alpha value is -20.2. The smallest absolute Gasteiger partial charge is 0.167 e. The lowest BCUT2D eigenvalue weighted by atomic mass is 10.1. The van der Waals surface area contributed by atoms with Gasteiger partial charge in [-0.1, -0.05) is 321 Å². The van der Waals surface area contributed by atoms with E-state index in [0.717, 1.165) is 121 Å². The minimum absolute atomic E-state index is 0.0227. The van der Waals surface area contributed by atoms with Gasteiger partial charge in [0.15, 0.2) is 52.4 Å². The number of fused-ring (bicyclic) bond motifs is 24. The summed E-state index contributed by atoms with van der Waals surface area (Å²) < 4.78 is 161. The Morgan fingerprint density at radius 2 is 0.514 bits per heavy atom. The molecule has 17 nitrogen and oxygen atoms in total. The first kappa shape index (κ1) is 69.6. The Bertz CT molecular complexity index is 11400. The molecule has 0 amide bonds. The van der Waals surface area contributed by atoms with Gasteiger partial charge in [-0.2, -0.15) is 0 Å². The van der Waals surface area contributed by atoms with Crippen molar-refractivity contribution in [3.63, 3.8) is 0 Å². The van der Waals surface area contributed by atoms with Gasteiger partial charge < -0.3 is 35.8 Å². The third-order valence-corrected chi connectivity index (χ3v) is 26.9. The number of hydrogen-bond donors (Lipinski definition) is 0. The minimum atomic E-state index is -0.167. The molecule has 0 N–H and O–H groups in total. The van der Waals surface area contributed by atoms with Gasteiger partial charge in [-0.15, -0.1) is 0 Å². The fourth-order valence-corrected chi connectivity index (χ4v) is 20.3. The van der Waals surface area contributed by atoms with Crippen LogP contribution in [0.1, 0.15) is 19.2 Å². The second kappa shape index (κ2) is 33.8. The van der Waals surface area contributed by atoms with Crippen LogP contribution in [0.2, 0.25) is 0 Å². The summed E-state index contributed by atoms with van der Waals surface area (Å²) in [6.45, 7) is 0. The van der Waals surface area contributed by atoms with Crippen molar-refractivity contribution in [2.75, 3.05) is 0 Å². The lowest BCUT2D eigenvalue weighted by Gasteiger charge is -2.10. The lowest BCUT2D eigenvalue weighted by Crippen LogP contribution is -2.00. The Kier molecular flexibility index (Phi) is 16.1. The third-order valence-electron chi connectivity index (χ3n) is 26.9. The van der Waals surface area contributed by atoms with Gasteiger partial charge in [-0.3, -0.25) is 0 Å². The number of benzene rings is 20. The van der Waals surface area contributed by atoms with Crippen LogP contribution >= 0.6 is 0 Å². The van der Waals surface area contributed by atoms with E-state index in [2.05, 4.69) is 12.1 Å². The highest BCUT2D eigenvalue weighted by Gasteiger charge is 2.27. The van der Waals surface area contributed by atoms with Crippen LogP contribution in [0.5, 0.6) is 0 Å². The van der Waals surface area contributed by atoms with Gasteiger partial charge in [-0.05, 0) is 139 Å². The van der Waals surface area contributed by atoms with Crippen LogP contribution in [0.15, 0.2) is 483 Å². The molecule has 0 aliphatic carbocycles. The molecular formula is C129H76N12O5. The zero-order valence-corrected chi connectivity index (χ0v) is 76.7. The van der Waals surface area contributed by atoms with Gasteiger partial charge in [0.05, 0.1) is 91.1 Å². The minimum Gasteiger partial charge on any atom is -0.456 e. The predicted molar refractivity (Wildman–Crippen MR) is 588 cm³/mol. The number of furan rings is 5. The normalized spacial score (nSPS) is 13.2. The van der Waals surface area contributed by atoms with Gasteiger partial charge in [0.25, 0.3) is 0 Å². The molecule has 0 spiro atoms. The van der Waals surface area contributed by atoms with E-state index < -0.39 is 0 Å². The van der Waals surface area contributed by atoms with Crippen molar-refractivity contribution >= 4 is 175 Å². The summed E-state index contributed by atoms with van der Waals surface area (Å²) in [5.74, 6) is 3.91. The maximum atomic E-state index is 9.40. The van der Waals surface area contributed by atoms with Crippen molar-refractivity contribution in [2.45, 2.75) is 0 Å². The molecule has 146 heavy (non-hydrogen) atoms. The Labute approximate surface area is 850 Å². The van der Waals surface area contributed by atoms with Gasteiger partial charge in [-0.25, -0.2) is 44.9 Å². The molecule has 0 bridgehead atoms. The van der Waals surface area contributed by atoms with Crippen LogP contribution in [-0.2, 0) is 0 Å². The van der Waals surface area contributed by atoms with Gasteiger partial charge in [0, 0.05) is 115 Å². The zero-order valence-electron chi connectivity index (χ0n) is 90.7. The highest BCUT2D eigenvalue weighted by molar-refractivity contribution is 6.19. The molecule has 17 heteroatoms. The van der Waals surface area contributed by atoms with Crippen molar-refractivity contribution in [2.24, 2.45) is 0 Å². The predicted octanol–water partition coefficient (Wildman–Crippen LogP) is 33.4. The maximum absolute atomic E-state index is 9.40. The van der Waals surface area contributed by atoms with E-state index in [0.29, 0.717) is 129 Å². The van der Waals surface area contributed by atoms with Crippen molar-refractivity contribution in [3.05, 3.63) is 461 Å². The summed E-state index contributed by atoms with van der Waals surface area (Å²) in [4.78, 5) is 44.1. The molecule has 11 heterocycles. The molecule has 0 saturated heterocycles. The summed E-state index contributed by atoms with van der Waals surface area (Å²) in [5, 5.41) is 11.9. The molecule has 0 aliphatic rings. The average Bonchev–Trinajstić information content (AvgIpc) is 1.51. The molecule has 31 rings (SSSR count). The van der Waals surface area contributed by atoms with E-state index in [1.165, 1.54) is 30.3 Å². The van der Waals surface area contributed by atoms with E-state index in [-0.39, 0.29) is 129 Å². The SMILES string of the molecule is [2H]c1cc([2H])c2c(c1)c1cc([2H])cc([2H])c1n2-c1cccc2oc3cc(-c4nc(-c5ccccc5)nc(-c5cccc6c5oc5ccccc56)n4)ccc3c12.[2H]c1cc([2H])c2c(c1[2H])c1c([2H])c([2H])cc([2H])c1n2-c1cccc2oc3cc(-c4nc(-c5ccccc5)nc(-c5ccc6c(c5)oc5ccccc56)n4)ccc3c12.[2H]c1cc2c(oc3c([2H])cc([2H])c(-n4c5ccccc5c5ccccc54)c32)c([2H])c1-c1nc(-c2ccccc2)nc(-c2ccccc2)n1. The summed E-state index contributed by atoms with van der Waals surface area (Å²) in [7, 11) is 0. The molecule has 0 aliphatic heterocycles. The van der Waals surface area contributed by atoms with Crippen molar-refractivity contribution in [1.82, 2.24) is 58.6 Å². The van der Waals surface area contributed by atoms with Crippen LogP contribution in [0.25, 0.3) is 295 Å². The van der Waals surface area contributed by atoms with Crippen molar-refractivity contribution in [3.8, 4) is 120 Å². The van der Waals surface area contributed by atoms with Gasteiger partial charge in [0.2, 0.25) is 0 Å². The molecule has 0 atom stereocenters. The first-order valence-electron chi connectivity index (χ1n) is 54.3. The molecule has 682 valence electrons. The summed E-state index contributed by atoms with van der Waals surface area (Å²) in [6.07, 6.45) is 0. The fourth-order valence-electron chi connectivity index (χ4n) is 20.3. The van der Waals surface area contributed by atoms with E-state index in [9.17, 15) is 2.74 Å². The van der Waals surface area contributed by atoms with Crippen molar-refractivity contribution in [1.29, 1.82) is 0 Å². The van der Waals surface area contributed by atoms with Crippen LogP contribution in [0, 0.1) is 0 Å². The van der Waals surface area contributed by atoms with Crippen molar-refractivity contribution < 1.29 is 41.3 Å². The van der Waals surface area contributed by atoms with E-state index in [4.69, 9.17) is 83.4 Å². The Morgan fingerprint density at radius 3 is 1.01 bits per heavy atom. The Balaban J connectivity index is 0.000000111. The number of aromatic nitrogens is 12. The van der Waals surface area contributed by atoms with Crippen LogP contribution < -0.4 is 0 Å². The summed E-state index contributed by atoms with van der Waals surface area (Å²) in [6, 6.07) is 118. The number of para-hydroxylation sites is 9. The number of hydrogen-bond acceptors (Lipinski definition) is 14. The monoisotopic (exact) mass is 1890 g/mol. The van der Waals surface area contributed by atoms with E-state index in [1.807, 2.05) is 325 Å². The molecule has 0 fully saturated rings. The molecular weight excluding hydrogens is 1800 g/mol. The molecule has 0 radical (unpaired) electrons. The zero-order chi connectivity index (χ0) is 108. The topological polar surface area (TPSA) is 196 Å². The van der Waals surface area contributed by atoms with Gasteiger partial charge >= 0.3 is 0 Å². The standard InChI is InChI=1S/2C45H26N4O2.C39H24N4O/c1-2-12-27(13-3-1)43-46-44(48-45(47-43)34-18-10-17-32-31-16-6-9-22-38(31)51-42(32)34)28-24-25-33-40(26-28)50-39-23-11-21-37(41(33)39)49-35-19-7-4-14-29(35)30-15-5-8-20-36(30)49;1-2-11-27(12-3-1)43-46-44(28-21-23-33-32-15-6-9-19-38(32)50-40(33)25-28)48-45(47-43)29-22-24-34-41(26-29)51-39-20-10-18-37(42(34)39)49-35-16-7-4-13-30(35)31-14-5-8-17-36(31)49;1-3-12-25(13-4-1)37-40-38(26-14-5-2-6-15-26)42-39(41-37)27-22-23-30-35(24-27)44-34-21-11-20-33(36(30)34)43-31-18-9-7-16-28(31)29-17-8-10-19-32(29)43/h2*1-26H;1-24H/i4D,5D,19D,20D;4D,5D,13D,14D,16D,17D;20D,21D,22D,24D. The molecule has 11 aromatic heterocycles. The maximum Gasteiger partial charge on any atom is 0.167 e. The van der Waals surface area contributed by atoms with E-state index >= 15 is 0 Å². The van der Waals surface area contributed by atoms with E-state index in [1.54, 1.807) is 22.8 Å². The average molecular weight is 1890 g/mol. The molecule has 0 saturated carbocycles. The number of nitrogens with zero attached hydrogens (tertiary/aromatic N) is 12. The van der Waals surface area contributed by atoms with Crippen LogP contribution in [0.3, 0.4) is 0 Å². The Morgan fingerprint density at radius 1 is 0.171 bits per heavy atom. The number of rotatable bonds is 12. The quantitative estimate of drug-likeness (QED) is 0.112. The lowest BCUT2D eigenvalue weighted by molar-refractivity contribution is 0.668. The second-order valence-corrected chi connectivity index (χ2v) is 35.3. The largest absolute Gasteiger partial charge is 0.456 e. The second-order valence-electron chi connectivity index (χ2n) is 35.3. The third kappa shape index (κ3) is 13.8. The van der Waals surface area contributed by atoms with Crippen LogP contribution in [0.4, 0.5) is 0 Å². The van der Waals surface area contributed by atoms with Gasteiger partial charge in [0.1, 0.15) is 55.8 Å². The molecule has 31 aromatic rings. The molecule has 20 aromatic carbocycles. The van der Waals surface area contributed by atoms with Crippen LogP contribution in [-0.4, -0.2) is 58.6 Å². The first-order chi connectivity index (χ1) is 78.1. The fraction of sp³-hybridized carbons (Fsp3) is 0. The molecule has 0 unspecified atom stereocenters. The highest BCUT2D eigenvalue weighted by Crippen LogP contribution is 2.47.